The van der Waals surface area contributed by atoms with E-state index in [9.17, 15) is 14.7 Å². The van der Waals surface area contributed by atoms with E-state index in [1.807, 2.05) is 37.3 Å². The molecule has 0 radical (unpaired) electrons. The molecule has 1 heterocycles. The third-order valence-electron chi connectivity index (χ3n) is 4.74. The molecule has 2 aromatic carbocycles. The van der Waals surface area contributed by atoms with Crippen molar-refractivity contribution < 1.29 is 14.6 Å². The Bertz CT molecular complexity index is 1040. The van der Waals surface area contributed by atoms with Crippen LogP contribution in [0.4, 0.5) is 0 Å². The Morgan fingerprint density at radius 1 is 1.18 bits per heavy atom. The van der Waals surface area contributed by atoms with Crippen molar-refractivity contribution in [2.24, 2.45) is 0 Å². The van der Waals surface area contributed by atoms with Crippen LogP contribution in [0, 0.1) is 6.92 Å². The Labute approximate surface area is 163 Å². The van der Waals surface area contributed by atoms with E-state index in [0.29, 0.717) is 35.4 Å². The van der Waals surface area contributed by atoms with Crippen molar-refractivity contribution in [1.29, 1.82) is 0 Å². The number of H-pyrrole nitrogens is 1. The number of aliphatic hydroxyl groups is 1. The summed E-state index contributed by atoms with van der Waals surface area (Å²) in [5.41, 5.74) is 2.41. The number of methoxy groups -OCH3 is 1. The summed E-state index contributed by atoms with van der Waals surface area (Å²) < 4.78 is 5.19. The van der Waals surface area contributed by atoms with Crippen LogP contribution in [0.5, 0.6) is 5.75 Å². The van der Waals surface area contributed by atoms with Gasteiger partial charge < -0.3 is 19.7 Å². The molecule has 2 N–H and O–H groups in total. The summed E-state index contributed by atoms with van der Waals surface area (Å²) in [6, 6.07) is 14.6. The summed E-state index contributed by atoms with van der Waals surface area (Å²) >= 11 is 0. The summed E-state index contributed by atoms with van der Waals surface area (Å²) in [7, 11) is 1.57. The first kappa shape index (κ1) is 19.6. The number of hydrogen-bond donors (Lipinski definition) is 2. The summed E-state index contributed by atoms with van der Waals surface area (Å²) in [6.45, 7) is 2.40. The lowest BCUT2D eigenvalue weighted by Gasteiger charge is -2.23. The van der Waals surface area contributed by atoms with Gasteiger partial charge in [-0.15, -0.1) is 0 Å². The molecule has 0 bridgehead atoms. The van der Waals surface area contributed by atoms with Crippen molar-refractivity contribution in [1.82, 2.24) is 9.88 Å². The molecule has 146 valence electrons. The molecule has 0 fully saturated rings. The largest absolute Gasteiger partial charge is 0.497 e. The van der Waals surface area contributed by atoms with Gasteiger partial charge in [-0.3, -0.25) is 9.59 Å². The molecule has 0 spiro atoms. The Morgan fingerprint density at radius 3 is 2.68 bits per heavy atom. The Morgan fingerprint density at radius 2 is 1.96 bits per heavy atom. The third kappa shape index (κ3) is 4.23. The quantitative estimate of drug-likeness (QED) is 0.660. The number of amides is 1. The van der Waals surface area contributed by atoms with E-state index in [4.69, 9.17) is 4.74 Å². The highest BCUT2D eigenvalue weighted by atomic mass is 16.5. The second kappa shape index (κ2) is 8.71. The van der Waals surface area contributed by atoms with Crippen LogP contribution in [0.2, 0.25) is 0 Å². The number of nitrogens with one attached hydrogen (secondary N) is 1. The van der Waals surface area contributed by atoms with E-state index < -0.39 is 0 Å². The molecule has 1 amide bonds. The summed E-state index contributed by atoms with van der Waals surface area (Å²) in [6.07, 6.45) is 0.445. The summed E-state index contributed by atoms with van der Waals surface area (Å²) in [5, 5.41) is 10.1. The molecule has 0 saturated carbocycles. The smallest absolute Gasteiger partial charge is 0.254 e. The number of aromatic amines is 1. The van der Waals surface area contributed by atoms with Crippen LogP contribution in [0.15, 0.2) is 53.3 Å². The predicted octanol–water partition coefficient (Wildman–Crippen LogP) is 2.87. The lowest BCUT2D eigenvalue weighted by Crippen LogP contribution is -2.34. The Balaban J connectivity index is 1.94. The maximum Gasteiger partial charge on any atom is 0.254 e. The van der Waals surface area contributed by atoms with Crippen LogP contribution in [-0.4, -0.2) is 41.2 Å². The number of pyridine rings is 1. The van der Waals surface area contributed by atoms with Gasteiger partial charge in [-0.2, -0.15) is 0 Å². The lowest BCUT2D eigenvalue weighted by molar-refractivity contribution is 0.0730. The molecule has 0 aliphatic carbocycles. The highest BCUT2D eigenvalue weighted by molar-refractivity contribution is 5.95. The maximum absolute atomic E-state index is 13.0. The van der Waals surface area contributed by atoms with Crippen molar-refractivity contribution in [3.63, 3.8) is 0 Å². The van der Waals surface area contributed by atoms with E-state index in [-0.39, 0.29) is 24.6 Å². The Hall–Kier alpha value is -3.12. The van der Waals surface area contributed by atoms with Gasteiger partial charge in [0.05, 0.1) is 19.2 Å². The van der Waals surface area contributed by atoms with Crippen LogP contribution in [0.3, 0.4) is 0 Å². The molecular formula is C22H24N2O4. The molecule has 3 aromatic rings. The molecule has 6 heteroatoms. The molecule has 0 aliphatic heterocycles. The number of aliphatic hydroxyl groups excluding tert-OH is 1. The van der Waals surface area contributed by atoms with E-state index >= 15 is 0 Å². The molecule has 0 unspecified atom stereocenters. The first-order chi connectivity index (χ1) is 13.5. The molecule has 1 aromatic heterocycles. The highest BCUT2D eigenvalue weighted by Gasteiger charge is 2.19. The van der Waals surface area contributed by atoms with E-state index in [1.165, 1.54) is 0 Å². The maximum atomic E-state index is 13.0. The van der Waals surface area contributed by atoms with Gasteiger partial charge in [-0.25, -0.2) is 0 Å². The number of hydrogen-bond acceptors (Lipinski definition) is 4. The van der Waals surface area contributed by atoms with Gasteiger partial charge in [0.1, 0.15) is 5.75 Å². The molecule has 0 atom stereocenters. The highest BCUT2D eigenvalue weighted by Crippen LogP contribution is 2.19. The number of aryl methyl sites for hydroxylation is 1. The minimum absolute atomic E-state index is 0.0224. The van der Waals surface area contributed by atoms with Gasteiger partial charge in [0.15, 0.2) is 0 Å². The first-order valence-corrected chi connectivity index (χ1v) is 9.19. The van der Waals surface area contributed by atoms with E-state index in [2.05, 4.69) is 4.98 Å². The molecule has 0 aliphatic rings. The number of ether oxygens (including phenoxy) is 1. The van der Waals surface area contributed by atoms with Gasteiger partial charge in [0, 0.05) is 30.3 Å². The number of benzene rings is 2. The number of carbonyl (C=O) groups is 1. The van der Waals surface area contributed by atoms with Gasteiger partial charge >= 0.3 is 0 Å². The van der Waals surface area contributed by atoms with Crippen molar-refractivity contribution in [2.45, 2.75) is 19.9 Å². The predicted molar refractivity (Wildman–Crippen MR) is 109 cm³/mol. The average molecular weight is 380 g/mol. The molecule has 6 nitrogen and oxygen atoms in total. The average Bonchev–Trinajstić information content (AvgIpc) is 2.70. The van der Waals surface area contributed by atoms with Crippen LogP contribution >= 0.6 is 0 Å². The second-order valence-corrected chi connectivity index (χ2v) is 6.70. The molecule has 3 rings (SSSR count). The number of carbonyl (C=O) groups excluding carboxylic acids is 1. The minimum atomic E-state index is -0.243. The fraction of sp³-hybridized carbons (Fsp3) is 0.273. The van der Waals surface area contributed by atoms with Gasteiger partial charge in [0.2, 0.25) is 0 Å². The number of aromatic nitrogens is 1. The SMILES string of the molecule is COc1ccc2cc(CN(CCCO)C(=O)c3ccccc3C)c(=O)[nH]c2c1. The van der Waals surface area contributed by atoms with Crippen molar-refractivity contribution in [3.05, 3.63) is 75.6 Å². The number of fused-ring (bicyclic) bond motifs is 1. The van der Waals surface area contributed by atoms with Crippen molar-refractivity contribution in [3.8, 4) is 5.75 Å². The van der Waals surface area contributed by atoms with Crippen LogP contribution in [0.25, 0.3) is 10.9 Å². The zero-order valence-electron chi connectivity index (χ0n) is 16.1. The van der Waals surface area contributed by atoms with Crippen LogP contribution in [-0.2, 0) is 6.54 Å². The van der Waals surface area contributed by atoms with E-state index in [0.717, 1.165) is 10.9 Å². The second-order valence-electron chi connectivity index (χ2n) is 6.70. The first-order valence-electron chi connectivity index (χ1n) is 9.19. The number of rotatable bonds is 7. The fourth-order valence-electron chi connectivity index (χ4n) is 3.17. The van der Waals surface area contributed by atoms with Crippen molar-refractivity contribution >= 4 is 16.8 Å². The zero-order chi connectivity index (χ0) is 20.1. The third-order valence-corrected chi connectivity index (χ3v) is 4.74. The van der Waals surface area contributed by atoms with Crippen molar-refractivity contribution in [2.75, 3.05) is 20.3 Å². The molecular weight excluding hydrogens is 356 g/mol. The normalized spacial score (nSPS) is 10.8. The minimum Gasteiger partial charge on any atom is -0.497 e. The summed E-state index contributed by atoms with van der Waals surface area (Å²) in [5.74, 6) is 0.510. The standard InChI is InChI=1S/C22H24N2O4/c1-15-6-3-4-7-19(15)22(27)24(10-5-11-25)14-17-12-16-8-9-18(28-2)13-20(16)23-21(17)26/h3-4,6-9,12-13,25H,5,10-11,14H2,1-2H3,(H,23,26). The van der Waals surface area contributed by atoms with Gasteiger partial charge in [0.25, 0.3) is 11.5 Å². The van der Waals surface area contributed by atoms with Crippen LogP contribution in [0.1, 0.15) is 27.9 Å². The molecule has 0 saturated heterocycles. The Kier molecular flexibility index (Phi) is 6.11. The topological polar surface area (TPSA) is 82.6 Å². The number of nitrogens with zero attached hydrogens (tertiary/aromatic N) is 1. The zero-order valence-corrected chi connectivity index (χ0v) is 16.1. The fourth-order valence-corrected chi connectivity index (χ4v) is 3.17. The van der Waals surface area contributed by atoms with Crippen LogP contribution < -0.4 is 10.3 Å². The lowest BCUT2D eigenvalue weighted by atomic mass is 10.1. The molecule has 28 heavy (non-hydrogen) atoms. The van der Waals surface area contributed by atoms with Gasteiger partial charge in [-0.1, -0.05) is 18.2 Å². The van der Waals surface area contributed by atoms with E-state index in [1.54, 1.807) is 30.2 Å². The monoisotopic (exact) mass is 380 g/mol. The summed E-state index contributed by atoms with van der Waals surface area (Å²) in [4.78, 5) is 30.1. The van der Waals surface area contributed by atoms with Gasteiger partial charge in [-0.05, 0) is 48.6 Å².